The predicted octanol–water partition coefficient (Wildman–Crippen LogP) is 1.81. The van der Waals surface area contributed by atoms with Crippen molar-refractivity contribution in [1.82, 2.24) is 29.8 Å². The summed E-state index contributed by atoms with van der Waals surface area (Å²) in [7, 11) is 0. The molecule has 0 aliphatic heterocycles. The summed E-state index contributed by atoms with van der Waals surface area (Å²) >= 11 is 3.43. The standard InChI is InChI=1S/C12H11BrN6O/c13-9-3-15-19(4-9)12(1-2-12)11-6-18(17-16-11)5-10-7-20-8-14-10/h3-4,6-8H,1-2,5H2. The van der Waals surface area contributed by atoms with Gasteiger partial charge in [0.2, 0.25) is 0 Å². The minimum Gasteiger partial charge on any atom is -0.451 e. The highest BCUT2D eigenvalue weighted by molar-refractivity contribution is 9.10. The highest BCUT2D eigenvalue weighted by atomic mass is 79.9. The molecule has 0 atom stereocenters. The van der Waals surface area contributed by atoms with E-state index in [4.69, 9.17) is 4.42 Å². The van der Waals surface area contributed by atoms with Gasteiger partial charge in [-0.1, -0.05) is 5.21 Å². The summed E-state index contributed by atoms with van der Waals surface area (Å²) < 4.78 is 9.65. The van der Waals surface area contributed by atoms with E-state index in [1.165, 1.54) is 6.39 Å². The highest BCUT2D eigenvalue weighted by Gasteiger charge is 2.49. The molecule has 0 spiro atoms. The summed E-state index contributed by atoms with van der Waals surface area (Å²) in [6.45, 7) is 0.558. The van der Waals surface area contributed by atoms with Gasteiger partial charge in [-0.15, -0.1) is 5.10 Å². The molecule has 1 saturated carbocycles. The first-order valence-corrected chi connectivity index (χ1v) is 7.04. The van der Waals surface area contributed by atoms with Crippen molar-refractivity contribution >= 4 is 15.9 Å². The van der Waals surface area contributed by atoms with Crippen LogP contribution in [0.1, 0.15) is 24.2 Å². The third-order valence-corrected chi connectivity index (χ3v) is 3.95. The van der Waals surface area contributed by atoms with Crippen molar-refractivity contribution in [3.63, 3.8) is 0 Å². The van der Waals surface area contributed by atoms with E-state index in [0.717, 1.165) is 28.7 Å². The normalized spacial score (nSPS) is 16.4. The molecule has 0 bridgehead atoms. The molecule has 0 N–H and O–H groups in total. The molecule has 3 aromatic heterocycles. The molecule has 0 unspecified atom stereocenters. The first kappa shape index (κ1) is 11.8. The maximum absolute atomic E-state index is 4.95. The van der Waals surface area contributed by atoms with E-state index >= 15 is 0 Å². The summed E-state index contributed by atoms with van der Waals surface area (Å²) in [5.74, 6) is 0. The van der Waals surface area contributed by atoms with Gasteiger partial charge >= 0.3 is 0 Å². The maximum Gasteiger partial charge on any atom is 0.180 e. The number of aromatic nitrogens is 6. The van der Waals surface area contributed by atoms with Gasteiger partial charge in [-0.25, -0.2) is 9.67 Å². The molecule has 1 aliphatic rings. The summed E-state index contributed by atoms with van der Waals surface area (Å²) in [6.07, 6.45) is 10.8. The molecule has 0 saturated heterocycles. The van der Waals surface area contributed by atoms with Crippen molar-refractivity contribution in [3.8, 4) is 0 Å². The maximum atomic E-state index is 4.95. The lowest BCUT2D eigenvalue weighted by Crippen LogP contribution is -2.19. The molecule has 0 radical (unpaired) electrons. The lowest BCUT2D eigenvalue weighted by atomic mass is 10.2. The second-order valence-corrected chi connectivity index (χ2v) is 5.83. The van der Waals surface area contributed by atoms with Crippen LogP contribution in [-0.2, 0) is 12.1 Å². The van der Waals surface area contributed by atoms with Gasteiger partial charge in [-0.3, -0.25) is 4.68 Å². The fourth-order valence-corrected chi connectivity index (χ4v) is 2.61. The molecule has 8 heteroatoms. The van der Waals surface area contributed by atoms with Crippen molar-refractivity contribution in [1.29, 1.82) is 0 Å². The molecular formula is C12H11BrN6O. The Bertz CT molecular complexity index is 727. The Labute approximate surface area is 122 Å². The van der Waals surface area contributed by atoms with Crippen LogP contribution >= 0.6 is 15.9 Å². The van der Waals surface area contributed by atoms with E-state index < -0.39 is 0 Å². The summed E-state index contributed by atoms with van der Waals surface area (Å²) in [5.41, 5.74) is 1.64. The Hall–Kier alpha value is -1.96. The molecular weight excluding hydrogens is 324 g/mol. The van der Waals surface area contributed by atoms with Crippen LogP contribution in [0.4, 0.5) is 0 Å². The Kier molecular flexibility index (Phi) is 2.53. The molecule has 7 nitrogen and oxygen atoms in total. The second-order valence-electron chi connectivity index (χ2n) is 4.92. The molecule has 1 aliphatic carbocycles. The van der Waals surface area contributed by atoms with E-state index in [1.54, 1.807) is 17.1 Å². The van der Waals surface area contributed by atoms with Gasteiger partial charge in [0.15, 0.2) is 6.39 Å². The van der Waals surface area contributed by atoms with Crippen LogP contribution in [0.2, 0.25) is 0 Å². The Morgan fingerprint density at radius 2 is 2.25 bits per heavy atom. The van der Waals surface area contributed by atoms with Gasteiger partial charge in [0.25, 0.3) is 0 Å². The zero-order valence-electron chi connectivity index (χ0n) is 10.5. The molecule has 4 rings (SSSR count). The third kappa shape index (κ3) is 1.87. The monoisotopic (exact) mass is 334 g/mol. The van der Waals surface area contributed by atoms with Crippen LogP contribution in [0.25, 0.3) is 0 Å². The smallest absolute Gasteiger partial charge is 0.180 e. The van der Waals surface area contributed by atoms with Crippen LogP contribution in [0.5, 0.6) is 0 Å². The van der Waals surface area contributed by atoms with Crippen LogP contribution in [0, 0.1) is 0 Å². The van der Waals surface area contributed by atoms with E-state index in [1.807, 2.05) is 17.1 Å². The van der Waals surface area contributed by atoms with Gasteiger partial charge in [0, 0.05) is 6.20 Å². The van der Waals surface area contributed by atoms with Crippen molar-refractivity contribution in [2.24, 2.45) is 0 Å². The number of hydrogen-bond acceptors (Lipinski definition) is 5. The summed E-state index contributed by atoms with van der Waals surface area (Å²) in [4.78, 5) is 4.08. The SMILES string of the molecule is Brc1cnn(C2(c3cn(Cc4cocn4)nn3)CC2)c1. The van der Waals surface area contributed by atoms with E-state index in [-0.39, 0.29) is 5.54 Å². The van der Waals surface area contributed by atoms with Crippen LogP contribution in [-0.4, -0.2) is 29.8 Å². The molecule has 3 heterocycles. The average Bonchev–Trinajstić information content (AvgIpc) is 2.89. The molecule has 0 amide bonds. The zero-order chi connectivity index (χ0) is 13.6. The van der Waals surface area contributed by atoms with Crippen LogP contribution in [0.15, 0.2) is 40.1 Å². The van der Waals surface area contributed by atoms with Gasteiger partial charge in [0.05, 0.1) is 23.4 Å². The predicted molar refractivity (Wildman–Crippen MR) is 71.9 cm³/mol. The number of halogens is 1. The fourth-order valence-electron chi connectivity index (χ4n) is 2.33. The Morgan fingerprint density at radius 1 is 1.35 bits per heavy atom. The molecule has 3 aromatic rings. The lowest BCUT2D eigenvalue weighted by molar-refractivity contribution is 0.493. The van der Waals surface area contributed by atoms with Gasteiger partial charge in [-0.2, -0.15) is 5.10 Å². The van der Waals surface area contributed by atoms with Crippen molar-refractivity contribution < 1.29 is 4.42 Å². The first-order valence-electron chi connectivity index (χ1n) is 6.25. The topological polar surface area (TPSA) is 74.6 Å². The number of hydrogen-bond donors (Lipinski definition) is 0. The third-order valence-electron chi connectivity index (χ3n) is 3.54. The summed E-state index contributed by atoms with van der Waals surface area (Å²) in [6, 6.07) is 0. The lowest BCUT2D eigenvalue weighted by Gasteiger charge is -2.11. The minimum absolute atomic E-state index is 0.131. The van der Waals surface area contributed by atoms with Crippen LogP contribution in [0.3, 0.4) is 0 Å². The summed E-state index contributed by atoms with van der Waals surface area (Å²) in [5, 5.41) is 12.8. The van der Waals surface area contributed by atoms with E-state index in [0.29, 0.717) is 6.54 Å². The second kappa shape index (κ2) is 4.27. The van der Waals surface area contributed by atoms with Crippen molar-refractivity contribution in [3.05, 3.63) is 47.1 Å². The first-order chi connectivity index (χ1) is 9.76. The fraction of sp³-hybridized carbons (Fsp3) is 0.333. The Balaban J connectivity index is 1.62. The largest absolute Gasteiger partial charge is 0.451 e. The molecule has 1 fully saturated rings. The molecule has 0 aromatic carbocycles. The average molecular weight is 335 g/mol. The highest BCUT2D eigenvalue weighted by Crippen LogP contribution is 2.48. The van der Waals surface area contributed by atoms with Gasteiger partial charge < -0.3 is 4.42 Å². The molecule has 20 heavy (non-hydrogen) atoms. The number of rotatable bonds is 4. The zero-order valence-corrected chi connectivity index (χ0v) is 12.1. The quantitative estimate of drug-likeness (QED) is 0.727. The van der Waals surface area contributed by atoms with E-state index in [2.05, 4.69) is 36.3 Å². The van der Waals surface area contributed by atoms with E-state index in [9.17, 15) is 0 Å². The minimum atomic E-state index is -0.131. The van der Waals surface area contributed by atoms with Crippen molar-refractivity contribution in [2.75, 3.05) is 0 Å². The number of oxazole rings is 1. The van der Waals surface area contributed by atoms with Crippen LogP contribution < -0.4 is 0 Å². The number of nitrogens with zero attached hydrogens (tertiary/aromatic N) is 6. The molecule has 102 valence electrons. The van der Waals surface area contributed by atoms with Gasteiger partial charge in [-0.05, 0) is 28.8 Å². The Morgan fingerprint density at radius 3 is 2.90 bits per heavy atom. The van der Waals surface area contributed by atoms with Crippen molar-refractivity contribution in [2.45, 2.75) is 24.9 Å². The van der Waals surface area contributed by atoms with Gasteiger partial charge in [0.1, 0.15) is 23.2 Å².